The molecule has 1 spiro atoms. The van der Waals surface area contributed by atoms with Crippen LogP contribution in [0.25, 0.3) is 0 Å². The highest BCUT2D eigenvalue weighted by molar-refractivity contribution is 9.09. The van der Waals surface area contributed by atoms with Crippen LogP contribution in [-0.4, -0.2) is 129 Å². The molecule has 11 heteroatoms. The van der Waals surface area contributed by atoms with Crippen molar-refractivity contribution in [1.82, 2.24) is 19.6 Å². The number of halogens is 1. The van der Waals surface area contributed by atoms with Crippen molar-refractivity contribution in [2.45, 2.75) is 46.7 Å². The van der Waals surface area contributed by atoms with Crippen LogP contribution in [0.1, 0.15) is 24.8 Å². The van der Waals surface area contributed by atoms with Crippen molar-refractivity contribution in [2.75, 3.05) is 65.6 Å². The largest absolute Gasteiger partial charge is 0.396 e. The molecule has 1 aromatic rings. The first-order chi connectivity index (χ1) is 21.4. The van der Waals surface area contributed by atoms with Gasteiger partial charge in [-0.05, 0) is 24.8 Å². The number of nitrogens with zero attached hydrogens (tertiary/aromatic N) is 4. The minimum atomic E-state index is -0.711. The Bertz CT molecular complexity index is 1200. The van der Waals surface area contributed by atoms with Gasteiger partial charge in [0.25, 0.3) is 0 Å². The van der Waals surface area contributed by atoms with E-state index in [2.05, 4.69) is 34.0 Å². The van der Waals surface area contributed by atoms with Crippen LogP contribution < -0.4 is 0 Å². The van der Waals surface area contributed by atoms with Crippen molar-refractivity contribution in [3.05, 3.63) is 61.2 Å². The summed E-state index contributed by atoms with van der Waals surface area (Å²) in [5.74, 6) is -1.39. The summed E-state index contributed by atoms with van der Waals surface area (Å²) in [6, 6.07) is 9.17. The summed E-state index contributed by atoms with van der Waals surface area (Å²) in [5.41, 5.74) is 1.01. The van der Waals surface area contributed by atoms with Gasteiger partial charge in [0, 0.05) is 69.0 Å². The number of likely N-dealkylation sites (tertiary alicyclic amines) is 1. The van der Waals surface area contributed by atoms with E-state index in [0.717, 1.165) is 25.2 Å². The number of aliphatic hydroxyl groups is 1. The Labute approximate surface area is 273 Å². The summed E-state index contributed by atoms with van der Waals surface area (Å²) in [4.78, 5) is 51.2. The van der Waals surface area contributed by atoms with Gasteiger partial charge in [0.1, 0.15) is 6.04 Å². The molecule has 4 saturated heterocycles. The Balaban J connectivity index is 1.45. The molecule has 0 radical (unpaired) electrons. The number of morpholine rings is 1. The number of rotatable bonds is 15. The number of ether oxygens (including phenoxy) is 1. The van der Waals surface area contributed by atoms with E-state index in [0.29, 0.717) is 65.2 Å². The summed E-state index contributed by atoms with van der Waals surface area (Å²) in [6.45, 7) is 13.7. The Morgan fingerprint density at radius 3 is 2.45 bits per heavy atom. The highest BCUT2D eigenvalue weighted by atomic mass is 79.9. The Hall–Kier alpha value is -2.18. The van der Waals surface area contributed by atoms with Crippen molar-refractivity contribution in [3.8, 4) is 0 Å². The van der Waals surface area contributed by atoms with Gasteiger partial charge >= 0.3 is 0 Å². The van der Waals surface area contributed by atoms with Gasteiger partial charge in [-0.3, -0.25) is 19.3 Å². The van der Waals surface area contributed by atoms with E-state index in [1.165, 1.54) is 0 Å². The Morgan fingerprint density at radius 2 is 1.77 bits per heavy atom. The quantitative estimate of drug-likeness (QED) is 0.172. The lowest BCUT2D eigenvalue weighted by molar-refractivity contribution is -0.145. The number of benzene rings is 1. The second-order valence-electron chi connectivity index (χ2n) is 12.1. The smallest absolute Gasteiger partial charge is 0.247 e. The molecule has 1 aromatic carbocycles. The van der Waals surface area contributed by atoms with Crippen LogP contribution in [0.3, 0.4) is 0 Å². The van der Waals surface area contributed by atoms with Gasteiger partial charge in [-0.2, -0.15) is 0 Å². The number of fused-ring (bicyclic) bond motifs is 1. The fraction of sp³-hybridized carbons (Fsp3) is 0.606. The first-order valence-corrected chi connectivity index (χ1v) is 17.5. The van der Waals surface area contributed by atoms with Crippen LogP contribution in [-0.2, 0) is 25.7 Å². The lowest BCUT2D eigenvalue weighted by atomic mass is 9.70. The van der Waals surface area contributed by atoms with Gasteiger partial charge in [0.15, 0.2) is 0 Å². The highest BCUT2D eigenvalue weighted by Gasteiger charge is 2.76. The molecule has 3 amide bonds. The molecule has 9 nitrogen and oxygen atoms in total. The van der Waals surface area contributed by atoms with Crippen molar-refractivity contribution < 1.29 is 24.2 Å². The Kier molecular flexibility index (Phi) is 11.3. The molecule has 4 aliphatic heterocycles. The third-order valence-corrected chi connectivity index (χ3v) is 12.7. The van der Waals surface area contributed by atoms with E-state index >= 15 is 0 Å². The van der Waals surface area contributed by atoms with Crippen molar-refractivity contribution in [3.63, 3.8) is 0 Å². The summed E-state index contributed by atoms with van der Waals surface area (Å²) in [7, 11) is 0. The van der Waals surface area contributed by atoms with Gasteiger partial charge in [0.2, 0.25) is 17.7 Å². The SMILES string of the molecule is C=CCN(CCN1CCOCC1)C(=O)C1N(CCCCO)C(=O)[C@@H]2[C@@H](C(=O)N(CC=C)Cc3ccccc3)[C@@H]3SC12CC3Br. The van der Waals surface area contributed by atoms with Gasteiger partial charge in [-0.15, -0.1) is 24.9 Å². The zero-order valence-electron chi connectivity index (χ0n) is 25.4. The number of carbonyl (C=O) groups is 3. The predicted octanol–water partition coefficient (Wildman–Crippen LogP) is 2.79. The fourth-order valence-electron chi connectivity index (χ4n) is 7.44. The molecule has 5 rings (SSSR count). The van der Waals surface area contributed by atoms with Gasteiger partial charge < -0.3 is 24.5 Å². The maximum absolute atomic E-state index is 14.6. The number of unbranched alkanes of at least 4 members (excludes halogenated alkanes) is 1. The molecule has 44 heavy (non-hydrogen) atoms. The van der Waals surface area contributed by atoms with Crippen LogP contribution >= 0.6 is 27.7 Å². The molecular weight excluding hydrogens is 644 g/mol. The third-order valence-electron chi connectivity index (χ3n) is 9.44. The lowest BCUT2D eigenvalue weighted by Gasteiger charge is -2.39. The molecule has 3 unspecified atom stereocenters. The molecule has 0 aromatic heterocycles. The van der Waals surface area contributed by atoms with E-state index in [4.69, 9.17) is 4.74 Å². The summed E-state index contributed by atoms with van der Waals surface area (Å²) >= 11 is 5.56. The van der Waals surface area contributed by atoms with Gasteiger partial charge in [-0.1, -0.05) is 58.4 Å². The molecule has 4 fully saturated rings. The van der Waals surface area contributed by atoms with Gasteiger partial charge in [0.05, 0.1) is 29.8 Å². The maximum Gasteiger partial charge on any atom is 0.247 e. The normalized spacial score (nSPS) is 29.5. The number of alkyl halides is 1. The number of carbonyl (C=O) groups excluding carboxylic acids is 3. The zero-order valence-corrected chi connectivity index (χ0v) is 27.8. The molecule has 6 atom stereocenters. The number of hydrogen-bond acceptors (Lipinski definition) is 7. The predicted molar refractivity (Wildman–Crippen MR) is 176 cm³/mol. The minimum Gasteiger partial charge on any atom is -0.396 e. The topological polar surface area (TPSA) is 93.6 Å². The lowest BCUT2D eigenvalue weighted by Crippen LogP contribution is -2.56. The van der Waals surface area contributed by atoms with E-state index in [1.807, 2.05) is 35.2 Å². The molecule has 240 valence electrons. The number of thioether (sulfide) groups is 1. The average molecular weight is 690 g/mol. The fourth-order valence-corrected chi connectivity index (χ4v) is 11.0. The van der Waals surface area contributed by atoms with Crippen LogP contribution in [0.15, 0.2) is 55.6 Å². The van der Waals surface area contributed by atoms with Crippen LogP contribution in [0, 0.1) is 11.8 Å². The van der Waals surface area contributed by atoms with Gasteiger partial charge in [-0.25, -0.2) is 0 Å². The first-order valence-electron chi connectivity index (χ1n) is 15.7. The molecule has 4 heterocycles. The van der Waals surface area contributed by atoms with Crippen molar-refractivity contribution in [1.29, 1.82) is 0 Å². The van der Waals surface area contributed by atoms with Crippen molar-refractivity contribution >= 4 is 45.4 Å². The first kappa shape index (κ1) is 33.2. The van der Waals surface area contributed by atoms with E-state index in [9.17, 15) is 19.5 Å². The summed E-state index contributed by atoms with van der Waals surface area (Å²) in [5, 5.41) is 9.39. The second-order valence-corrected chi connectivity index (χ2v) is 14.9. The van der Waals surface area contributed by atoms with Crippen LogP contribution in [0.5, 0.6) is 0 Å². The molecule has 0 aliphatic carbocycles. The standard InChI is InChI=1S/C33H45BrN4O5S/c1-3-12-36(16-15-35-17-20-43-21-18-35)32(42)29-33-22-25(34)28(44-33)26(27(33)31(41)38(29)14-8-9-19-39)30(40)37(13-4-2)23-24-10-6-5-7-11-24/h3-7,10-11,25-29,39H,1-2,8-9,12-23H2/t25?,26-,27+,28-,29?,33?/m1/s1. The van der Waals surface area contributed by atoms with E-state index in [1.54, 1.807) is 33.7 Å². The molecule has 0 saturated carbocycles. The Morgan fingerprint density at radius 1 is 1.07 bits per heavy atom. The minimum absolute atomic E-state index is 0.00158. The number of hydrogen-bond donors (Lipinski definition) is 1. The van der Waals surface area contributed by atoms with E-state index < -0.39 is 22.6 Å². The van der Waals surface area contributed by atoms with Crippen LogP contribution in [0.2, 0.25) is 0 Å². The molecule has 1 N–H and O–H groups in total. The molecular formula is C33H45BrN4O5S. The van der Waals surface area contributed by atoms with Crippen molar-refractivity contribution in [2.24, 2.45) is 11.8 Å². The summed E-state index contributed by atoms with van der Waals surface area (Å²) in [6.07, 6.45) is 5.24. The monoisotopic (exact) mass is 688 g/mol. The third kappa shape index (κ3) is 6.54. The highest BCUT2D eigenvalue weighted by Crippen LogP contribution is 2.68. The number of amides is 3. The average Bonchev–Trinajstić information content (AvgIpc) is 3.62. The maximum atomic E-state index is 14.6. The summed E-state index contributed by atoms with van der Waals surface area (Å²) < 4.78 is 4.78. The zero-order chi connectivity index (χ0) is 31.3. The van der Waals surface area contributed by atoms with E-state index in [-0.39, 0.29) is 34.4 Å². The second kappa shape index (κ2) is 14.9. The number of aliphatic hydroxyl groups excluding tert-OH is 1. The molecule has 2 bridgehead atoms. The molecule has 4 aliphatic rings. The van der Waals surface area contributed by atoms with Crippen LogP contribution in [0.4, 0.5) is 0 Å².